The first-order chi connectivity index (χ1) is 10.7. The van der Waals surface area contributed by atoms with Crippen LogP contribution in [-0.2, 0) is 0 Å². The standard InChI is InChI=1S/C18H19ClN2O/c1-2-3-4-5-12-22-16-9-6-14(7-10-16)17-11-8-15(13-20)18(19)21-17/h6-11H,2-5,12H2,1H3. The summed E-state index contributed by atoms with van der Waals surface area (Å²) in [5.74, 6) is 0.861. The van der Waals surface area contributed by atoms with E-state index < -0.39 is 0 Å². The van der Waals surface area contributed by atoms with Crippen molar-refractivity contribution in [1.82, 2.24) is 4.98 Å². The Balaban J connectivity index is 1.97. The highest BCUT2D eigenvalue weighted by Crippen LogP contribution is 2.23. The van der Waals surface area contributed by atoms with Crippen LogP contribution < -0.4 is 4.74 Å². The molecular weight excluding hydrogens is 296 g/mol. The van der Waals surface area contributed by atoms with Crippen LogP contribution in [0.2, 0.25) is 5.15 Å². The highest BCUT2D eigenvalue weighted by atomic mass is 35.5. The third-order valence-electron chi connectivity index (χ3n) is 3.39. The second-order valence-electron chi connectivity index (χ2n) is 5.08. The maximum atomic E-state index is 8.86. The van der Waals surface area contributed by atoms with Gasteiger partial charge in [0.2, 0.25) is 0 Å². The van der Waals surface area contributed by atoms with Crippen LogP contribution in [-0.4, -0.2) is 11.6 Å². The van der Waals surface area contributed by atoms with Gasteiger partial charge >= 0.3 is 0 Å². The molecule has 2 rings (SSSR count). The minimum Gasteiger partial charge on any atom is -0.494 e. The lowest BCUT2D eigenvalue weighted by molar-refractivity contribution is 0.305. The first kappa shape index (κ1) is 16.3. The molecule has 0 bridgehead atoms. The van der Waals surface area contributed by atoms with Gasteiger partial charge in [-0.1, -0.05) is 37.8 Å². The fourth-order valence-electron chi connectivity index (χ4n) is 2.12. The van der Waals surface area contributed by atoms with Gasteiger partial charge in [-0.3, -0.25) is 0 Å². The number of ether oxygens (including phenoxy) is 1. The summed E-state index contributed by atoms with van der Waals surface area (Å²) in [7, 11) is 0. The van der Waals surface area contributed by atoms with E-state index in [-0.39, 0.29) is 5.15 Å². The van der Waals surface area contributed by atoms with E-state index in [4.69, 9.17) is 21.6 Å². The number of hydrogen-bond donors (Lipinski definition) is 0. The van der Waals surface area contributed by atoms with Crippen molar-refractivity contribution >= 4 is 11.6 Å². The average molecular weight is 315 g/mol. The smallest absolute Gasteiger partial charge is 0.147 e. The van der Waals surface area contributed by atoms with Crippen molar-refractivity contribution in [3.63, 3.8) is 0 Å². The molecular formula is C18H19ClN2O. The SMILES string of the molecule is CCCCCCOc1ccc(-c2ccc(C#N)c(Cl)n2)cc1. The van der Waals surface area contributed by atoms with Crippen LogP contribution in [0.15, 0.2) is 36.4 Å². The van der Waals surface area contributed by atoms with Gasteiger partial charge < -0.3 is 4.74 Å². The van der Waals surface area contributed by atoms with E-state index in [1.165, 1.54) is 19.3 Å². The predicted molar refractivity (Wildman–Crippen MR) is 89.0 cm³/mol. The van der Waals surface area contributed by atoms with Crippen LogP contribution in [0.25, 0.3) is 11.3 Å². The molecule has 4 heteroatoms. The molecule has 0 N–H and O–H groups in total. The van der Waals surface area contributed by atoms with Crippen molar-refractivity contribution in [2.45, 2.75) is 32.6 Å². The molecule has 0 amide bonds. The van der Waals surface area contributed by atoms with Gasteiger partial charge in [-0.05, 0) is 42.8 Å². The van der Waals surface area contributed by atoms with Crippen molar-refractivity contribution in [2.75, 3.05) is 6.61 Å². The Morgan fingerprint density at radius 2 is 1.86 bits per heavy atom. The van der Waals surface area contributed by atoms with Crippen molar-refractivity contribution < 1.29 is 4.74 Å². The second-order valence-corrected chi connectivity index (χ2v) is 5.44. The summed E-state index contributed by atoms with van der Waals surface area (Å²) in [6, 6.07) is 13.3. The van der Waals surface area contributed by atoms with E-state index in [1.807, 2.05) is 30.3 Å². The number of pyridine rings is 1. The Kier molecular flexibility index (Phi) is 6.24. The minimum atomic E-state index is 0.233. The van der Waals surface area contributed by atoms with Crippen molar-refractivity contribution in [1.29, 1.82) is 5.26 Å². The fraction of sp³-hybridized carbons (Fsp3) is 0.333. The number of unbranched alkanes of at least 4 members (excludes halogenated alkanes) is 3. The van der Waals surface area contributed by atoms with Gasteiger partial charge in [-0.15, -0.1) is 0 Å². The Hall–Kier alpha value is -2.05. The largest absolute Gasteiger partial charge is 0.494 e. The van der Waals surface area contributed by atoms with Crippen molar-refractivity contribution in [3.05, 3.63) is 47.1 Å². The monoisotopic (exact) mass is 314 g/mol. The Morgan fingerprint density at radius 1 is 1.09 bits per heavy atom. The quantitative estimate of drug-likeness (QED) is 0.519. The van der Waals surface area contributed by atoms with Gasteiger partial charge in [-0.2, -0.15) is 5.26 Å². The van der Waals surface area contributed by atoms with Gasteiger partial charge in [0.15, 0.2) is 0 Å². The number of rotatable bonds is 7. The van der Waals surface area contributed by atoms with Crippen LogP contribution in [0.3, 0.4) is 0 Å². The van der Waals surface area contributed by atoms with Gasteiger partial charge in [0, 0.05) is 5.56 Å². The van der Waals surface area contributed by atoms with Gasteiger partial charge in [-0.25, -0.2) is 4.98 Å². The molecule has 0 fully saturated rings. The highest BCUT2D eigenvalue weighted by Gasteiger charge is 2.05. The average Bonchev–Trinajstić information content (AvgIpc) is 2.55. The summed E-state index contributed by atoms with van der Waals surface area (Å²) in [5.41, 5.74) is 2.08. The third-order valence-corrected chi connectivity index (χ3v) is 3.67. The molecule has 0 unspecified atom stereocenters. The molecule has 22 heavy (non-hydrogen) atoms. The summed E-state index contributed by atoms with van der Waals surface area (Å²) in [6.07, 6.45) is 4.78. The fourth-order valence-corrected chi connectivity index (χ4v) is 2.32. The van der Waals surface area contributed by atoms with E-state index in [2.05, 4.69) is 11.9 Å². The Bertz CT molecular complexity index is 647. The van der Waals surface area contributed by atoms with E-state index in [0.717, 1.165) is 30.0 Å². The highest BCUT2D eigenvalue weighted by molar-refractivity contribution is 6.30. The van der Waals surface area contributed by atoms with Crippen LogP contribution in [0.1, 0.15) is 38.2 Å². The minimum absolute atomic E-state index is 0.233. The summed E-state index contributed by atoms with van der Waals surface area (Å²) >= 11 is 5.96. The molecule has 0 saturated carbocycles. The van der Waals surface area contributed by atoms with E-state index in [1.54, 1.807) is 12.1 Å². The molecule has 0 atom stereocenters. The number of nitriles is 1. The van der Waals surface area contributed by atoms with Gasteiger partial charge in [0.1, 0.15) is 17.0 Å². The molecule has 1 heterocycles. The van der Waals surface area contributed by atoms with Gasteiger partial charge in [0.05, 0.1) is 17.9 Å². The lowest BCUT2D eigenvalue weighted by atomic mass is 10.1. The molecule has 3 nitrogen and oxygen atoms in total. The van der Waals surface area contributed by atoms with Crippen LogP contribution in [0.4, 0.5) is 0 Å². The summed E-state index contributed by atoms with van der Waals surface area (Å²) < 4.78 is 5.71. The topological polar surface area (TPSA) is 45.9 Å². The maximum absolute atomic E-state index is 8.86. The second kappa shape index (κ2) is 8.41. The molecule has 114 valence electrons. The predicted octanol–water partition coefficient (Wildman–Crippen LogP) is 5.23. The molecule has 0 aliphatic rings. The van der Waals surface area contributed by atoms with E-state index in [0.29, 0.717) is 5.56 Å². The first-order valence-electron chi connectivity index (χ1n) is 7.54. The summed E-state index contributed by atoms with van der Waals surface area (Å²) in [4.78, 5) is 4.24. The zero-order chi connectivity index (χ0) is 15.8. The Morgan fingerprint density at radius 3 is 2.50 bits per heavy atom. The molecule has 1 aromatic carbocycles. The zero-order valence-corrected chi connectivity index (χ0v) is 13.4. The molecule has 1 aromatic heterocycles. The molecule has 0 spiro atoms. The molecule has 0 aliphatic heterocycles. The Labute approximate surface area is 136 Å². The van der Waals surface area contributed by atoms with Crippen LogP contribution in [0, 0.1) is 11.3 Å². The number of nitrogens with zero attached hydrogens (tertiary/aromatic N) is 2. The lowest BCUT2D eigenvalue weighted by Gasteiger charge is -2.07. The van der Waals surface area contributed by atoms with Crippen molar-refractivity contribution in [2.24, 2.45) is 0 Å². The van der Waals surface area contributed by atoms with Crippen LogP contribution in [0.5, 0.6) is 5.75 Å². The molecule has 0 radical (unpaired) electrons. The van der Waals surface area contributed by atoms with Gasteiger partial charge in [0.25, 0.3) is 0 Å². The number of hydrogen-bond acceptors (Lipinski definition) is 3. The summed E-state index contributed by atoms with van der Waals surface area (Å²) in [6.45, 7) is 2.95. The normalized spacial score (nSPS) is 10.2. The van der Waals surface area contributed by atoms with E-state index in [9.17, 15) is 0 Å². The first-order valence-corrected chi connectivity index (χ1v) is 7.92. The molecule has 0 saturated heterocycles. The van der Waals surface area contributed by atoms with E-state index >= 15 is 0 Å². The number of aromatic nitrogens is 1. The maximum Gasteiger partial charge on any atom is 0.147 e. The summed E-state index contributed by atoms with van der Waals surface area (Å²) in [5, 5.41) is 9.09. The lowest BCUT2D eigenvalue weighted by Crippen LogP contribution is -1.97. The molecule has 0 aliphatic carbocycles. The number of benzene rings is 1. The third kappa shape index (κ3) is 4.47. The zero-order valence-electron chi connectivity index (χ0n) is 12.7. The van der Waals surface area contributed by atoms with Crippen LogP contribution >= 0.6 is 11.6 Å². The molecule has 2 aromatic rings. The van der Waals surface area contributed by atoms with Crippen molar-refractivity contribution in [3.8, 4) is 23.1 Å². The number of halogens is 1.